The standard InChI is InChI=1S/C15H15NO2/c1-10-4-3-5-12(8-10)13-9-11(2)6-7-14(13)16-15(17)18/h3-9,16H,1-2H3,(H,17,18). The fraction of sp³-hybridized carbons (Fsp3) is 0.133. The molecule has 1 amide bonds. The van der Waals surface area contributed by atoms with Crippen molar-refractivity contribution < 1.29 is 9.90 Å². The topological polar surface area (TPSA) is 49.3 Å². The van der Waals surface area contributed by atoms with Crippen LogP contribution in [0.25, 0.3) is 11.1 Å². The molecule has 0 aromatic heterocycles. The minimum Gasteiger partial charge on any atom is -0.465 e. The monoisotopic (exact) mass is 241 g/mol. The van der Waals surface area contributed by atoms with E-state index in [4.69, 9.17) is 5.11 Å². The van der Waals surface area contributed by atoms with Crippen LogP contribution in [0.5, 0.6) is 0 Å². The van der Waals surface area contributed by atoms with E-state index in [9.17, 15) is 4.79 Å². The van der Waals surface area contributed by atoms with E-state index >= 15 is 0 Å². The Balaban J connectivity index is 2.54. The number of rotatable bonds is 2. The highest BCUT2D eigenvalue weighted by Crippen LogP contribution is 2.29. The molecule has 2 rings (SSSR count). The number of benzene rings is 2. The second kappa shape index (κ2) is 4.92. The Morgan fingerprint density at radius 2 is 1.78 bits per heavy atom. The van der Waals surface area contributed by atoms with Gasteiger partial charge in [-0.2, -0.15) is 0 Å². The number of anilines is 1. The van der Waals surface area contributed by atoms with Crippen LogP contribution in [0.4, 0.5) is 10.5 Å². The molecule has 0 aliphatic carbocycles. The van der Waals surface area contributed by atoms with Gasteiger partial charge in [0, 0.05) is 5.56 Å². The molecule has 0 fully saturated rings. The summed E-state index contributed by atoms with van der Waals surface area (Å²) in [7, 11) is 0. The zero-order valence-corrected chi connectivity index (χ0v) is 10.4. The Morgan fingerprint density at radius 1 is 1.06 bits per heavy atom. The third-order valence-electron chi connectivity index (χ3n) is 2.75. The lowest BCUT2D eigenvalue weighted by Gasteiger charge is -2.11. The predicted octanol–water partition coefficient (Wildman–Crippen LogP) is 4.06. The van der Waals surface area contributed by atoms with Crippen LogP contribution in [-0.4, -0.2) is 11.2 Å². The first kappa shape index (κ1) is 12.2. The molecule has 0 atom stereocenters. The molecule has 0 unspecified atom stereocenters. The lowest BCUT2D eigenvalue weighted by atomic mass is 10.00. The summed E-state index contributed by atoms with van der Waals surface area (Å²) in [5.74, 6) is 0. The average Bonchev–Trinajstić information content (AvgIpc) is 2.31. The van der Waals surface area contributed by atoms with Crippen molar-refractivity contribution in [3.8, 4) is 11.1 Å². The number of carbonyl (C=O) groups is 1. The van der Waals surface area contributed by atoms with E-state index in [0.29, 0.717) is 5.69 Å². The maximum Gasteiger partial charge on any atom is 0.409 e. The Kier molecular flexibility index (Phi) is 3.33. The molecule has 0 heterocycles. The maximum absolute atomic E-state index is 10.8. The molecule has 2 aromatic carbocycles. The van der Waals surface area contributed by atoms with Gasteiger partial charge < -0.3 is 5.11 Å². The van der Waals surface area contributed by atoms with Gasteiger partial charge in [-0.25, -0.2) is 4.79 Å². The van der Waals surface area contributed by atoms with Crippen LogP contribution in [0.3, 0.4) is 0 Å². The van der Waals surface area contributed by atoms with Crippen molar-refractivity contribution in [3.63, 3.8) is 0 Å². The van der Waals surface area contributed by atoms with Gasteiger partial charge in [-0.15, -0.1) is 0 Å². The molecule has 2 N–H and O–H groups in total. The van der Waals surface area contributed by atoms with Gasteiger partial charge in [-0.05, 0) is 31.5 Å². The summed E-state index contributed by atoms with van der Waals surface area (Å²) in [4.78, 5) is 10.8. The normalized spacial score (nSPS) is 10.1. The number of amides is 1. The van der Waals surface area contributed by atoms with E-state index in [1.165, 1.54) is 0 Å². The molecule has 18 heavy (non-hydrogen) atoms. The summed E-state index contributed by atoms with van der Waals surface area (Å²) in [5, 5.41) is 11.3. The zero-order chi connectivity index (χ0) is 13.1. The van der Waals surface area contributed by atoms with Crippen LogP contribution in [-0.2, 0) is 0 Å². The fourth-order valence-electron chi connectivity index (χ4n) is 1.93. The lowest BCUT2D eigenvalue weighted by Crippen LogP contribution is -2.08. The average molecular weight is 241 g/mol. The van der Waals surface area contributed by atoms with Gasteiger partial charge >= 0.3 is 6.09 Å². The van der Waals surface area contributed by atoms with Gasteiger partial charge in [0.15, 0.2) is 0 Å². The molecule has 0 aliphatic heterocycles. The van der Waals surface area contributed by atoms with Crippen LogP contribution in [0.2, 0.25) is 0 Å². The second-order valence-corrected chi connectivity index (χ2v) is 4.35. The van der Waals surface area contributed by atoms with Gasteiger partial charge in [0.2, 0.25) is 0 Å². The molecular formula is C15H15NO2. The molecule has 3 nitrogen and oxygen atoms in total. The summed E-state index contributed by atoms with van der Waals surface area (Å²) >= 11 is 0. The van der Waals surface area contributed by atoms with Crippen LogP contribution in [0.1, 0.15) is 11.1 Å². The molecule has 0 saturated heterocycles. The van der Waals surface area contributed by atoms with Gasteiger partial charge in [0.1, 0.15) is 0 Å². The number of hydrogen-bond acceptors (Lipinski definition) is 1. The Bertz CT molecular complexity index is 591. The van der Waals surface area contributed by atoms with Gasteiger partial charge in [0.25, 0.3) is 0 Å². The van der Waals surface area contributed by atoms with E-state index in [-0.39, 0.29) is 0 Å². The molecule has 2 aromatic rings. The maximum atomic E-state index is 10.8. The Morgan fingerprint density at radius 3 is 2.44 bits per heavy atom. The van der Waals surface area contributed by atoms with E-state index < -0.39 is 6.09 Å². The van der Waals surface area contributed by atoms with Gasteiger partial charge in [0.05, 0.1) is 5.69 Å². The summed E-state index contributed by atoms with van der Waals surface area (Å²) in [5.41, 5.74) is 4.78. The van der Waals surface area contributed by atoms with Gasteiger partial charge in [-0.1, -0.05) is 41.5 Å². The van der Waals surface area contributed by atoms with Crippen molar-refractivity contribution in [1.29, 1.82) is 0 Å². The van der Waals surface area contributed by atoms with Crippen LogP contribution in [0.15, 0.2) is 42.5 Å². The van der Waals surface area contributed by atoms with Crippen molar-refractivity contribution in [3.05, 3.63) is 53.6 Å². The van der Waals surface area contributed by atoms with Crippen LogP contribution >= 0.6 is 0 Å². The van der Waals surface area contributed by atoms with Crippen molar-refractivity contribution in [2.45, 2.75) is 13.8 Å². The Labute approximate surface area is 106 Å². The third-order valence-corrected chi connectivity index (χ3v) is 2.75. The molecule has 0 bridgehead atoms. The first-order valence-electron chi connectivity index (χ1n) is 5.74. The number of hydrogen-bond donors (Lipinski definition) is 2. The molecule has 3 heteroatoms. The van der Waals surface area contributed by atoms with Crippen molar-refractivity contribution in [1.82, 2.24) is 0 Å². The smallest absolute Gasteiger partial charge is 0.409 e. The van der Waals surface area contributed by atoms with E-state index in [1.807, 2.05) is 50.2 Å². The molecular weight excluding hydrogens is 226 g/mol. The fourth-order valence-corrected chi connectivity index (χ4v) is 1.93. The quantitative estimate of drug-likeness (QED) is 0.833. The minimum atomic E-state index is -1.05. The highest BCUT2D eigenvalue weighted by atomic mass is 16.4. The van der Waals surface area contributed by atoms with Gasteiger partial charge in [-0.3, -0.25) is 5.32 Å². The highest BCUT2D eigenvalue weighted by Gasteiger charge is 2.08. The highest BCUT2D eigenvalue weighted by molar-refractivity contribution is 5.90. The van der Waals surface area contributed by atoms with Crippen LogP contribution < -0.4 is 5.32 Å². The Hall–Kier alpha value is -2.29. The predicted molar refractivity (Wildman–Crippen MR) is 73.0 cm³/mol. The first-order valence-corrected chi connectivity index (χ1v) is 5.74. The van der Waals surface area contributed by atoms with E-state index in [1.54, 1.807) is 6.07 Å². The first-order chi connectivity index (χ1) is 8.56. The lowest BCUT2D eigenvalue weighted by molar-refractivity contribution is 0.210. The number of nitrogens with one attached hydrogen (secondary N) is 1. The molecule has 0 aliphatic rings. The van der Waals surface area contributed by atoms with Crippen molar-refractivity contribution in [2.75, 3.05) is 5.32 Å². The zero-order valence-electron chi connectivity index (χ0n) is 10.4. The van der Waals surface area contributed by atoms with E-state index in [2.05, 4.69) is 5.32 Å². The van der Waals surface area contributed by atoms with E-state index in [0.717, 1.165) is 22.3 Å². The molecule has 0 radical (unpaired) electrons. The van der Waals surface area contributed by atoms with Crippen molar-refractivity contribution >= 4 is 11.8 Å². The summed E-state index contributed by atoms with van der Waals surface area (Å²) < 4.78 is 0. The minimum absolute atomic E-state index is 0.610. The number of carboxylic acid groups (broad SMARTS) is 1. The summed E-state index contributed by atoms with van der Waals surface area (Å²) in [6.45, 7) is 4.01. The summed E-state index contributed by atoms with van der Waals surface area (Å²) in [6.07, 6.45) is -1.05. The number of aryl methyl sites for hydroxylation is 2. The van der Waals surface area contributed by atoms with Crippen LogP contribution in [0, 0.1) is 13.8 Å². The third kappa shape index (κ3) is 2.69. The molecule has 92 valence electrons. The molecule has 0 saturated carbocycles. The SMILES string of the molecule is Cc1cccc(-c2cc(C)ccc2NC(=O)O)c1. The van der Waals surface area contributed by atoms with Crippen molar-refractivity contribution in [2.24, 2.45) is 0 Å². The second-order valence-electron chi connectivity index (χ2n) is 4.35. The molecule has 0 spiro atoms. The largest absolute Gasteiger partial charge is 0.465 e. The summed E-state index contributed by atoms with van der Waals surface area (Å²) in [6, 6.07) is 13.7.